The summed E-state index contributed by atoms with van der Waals surface area (Å²) in [6.07, 6.45) is 2.20. The van der Waals surface area contributed by atoms with Gasteiger partial charge in [-0.1, -0.05) is 18.2 Å². The van der Waals surface area contributed by atoms with Crippen molar-refractivity contribution in [1.82, 2.24) is 4.57 Å². The molecule has 0 atom stereocenters. The highest BCUT2D eigenvalue weighted by molar-refractivity contribution is 14.1. The number of aryl methyl sites for hydroxylation is 1. The van der Waals surface area contributed by atoms with E-state index in [1.54, 1.807) is 0 Å². The fourth-order valence-electron chi connectivity index (χ4n) is 1.46. The van der Waals surface area contributed by atoms with Crippen molar-refractivity contribution in [1.29, 1.82) is 0 Å². The van der Waals surface area contributed by atoms with Crippen molar-refractivity contribution in [3.8, 4) is 0 Å². The monoisotopic (exact) mass is 271 g/mol. The lowest BCUT2D eigenvalue weighted by Crippen LogP contribution is -1.89. The second-order valence-corrected chi connectivity index (χ2v) is 3.94. The van der Waals surface area contributed by atoms with Gasteiger partial charge in [-0.05, 0) is 35.6 Å². The van der Waals surface area contributed by atoms with Crippen molar-refractivity contribution in [3.05, 3.63) is 34.0 Å². The number of halogens is 1. The summed E-state index contributed by atoms with van der Waals surface area (Å²) in [5.41, 5.74) is 1.34. The summed E-state index contributed by atoms with van der Waals surface area (Å²) < 4.78 is 3.61. The van der Waals surface area contributed by atoms with E-state index in [1.165, 1.54) is 14.5 Å². The Bertz CT molecular complexity index is 403. The summed E-state index contributed by atoms with van der Waals surface area (Å²) in [6.45, 7) is 3.21. The Balaban J connectivity index is 2.82. The van der Waals surface area contributed by atoms with Crippen LogP contribution in [0.4, 0.5) is 0 Å². The maximum atomic E-state index is 2.38. The zero-order chi connectivity index (χ0) is 8.55. The Morgan fingerprint density at radius 1 is 1.33 bits per heavy atom. The van der Waals surface area contributed by atoms with Crippen LogP contribution in [0.2, 0.25) is 0 Å². The summed E-state index contributed by atoms with van der Waals surface area (Å²) >= 11 is 2.38. The van der Waals surface area contributed by atoms with Gasteiger partial charge >= 0.3 is 0 Å². The van der Waals surface area contributed by atoms with Gasteiger partial charge in [-0.3, -0.25) is 0 Å². The van der Waals surface area contributed by atoms with E-state index < -0.39 is 0 Å². The Kier molecular flexibility index (Phi) is 2.09. The van der Waals surface area contributed by atoms with Crippen LogP contribution in [-0.4, -0.2) is 4.57 Å². The Morgan fingerprint density at radius 2 is 2.08 bits per heavy atom. The molecule has 2 heteroatoms. The van der Waals surface area contributed by atoms with Gasteiger partial charge < -0.3 is 4.57 Å². The van der Waals surface area contributed by atoms with E-state index >= 15 is 0 Å². The van der Waals surface area contributed by atoms with Crippen LogP contribution in [0, 0.1) is 3.57 Å². The topological polar surface area (TPSA) is 4.93 Å². The molecule has 62 valence electrons. The molecule has 2 aromatic rings. The fraction of sp³-hybridized carbons (Fsp3) is 0.200. The summed E-state index contributed by atoms with van der Waals surface area (Å²) in [5.74, 6) is 0. The number of nitrogens with zero attached hydrogens (tertiary/aromatic N) is 1. The second-order valence-electron chi connectivity index (χ2n) is 2.78. The molecule has 0 fully saturated rings. The van der Waals surface area contributed by atoms with E-state index in [9.17, 15) is 0 Å². The lowest BCUT2D eigenvalue weighted by molar-refractivity contribution is 0.796. The van der Waals surface area contributed by atoms with Crippen molar-refractivity contribution in [2.75, 3.05) is 0 Å². The van der Waals surface area contributed by atoms with Crippen LogP contribution in [-0.2, 0) is 6.54 Å². The van der Waals surface area contributed by atoms with Gasteiger partial charge in [0, 0.05) is 27.2 Å². The molecule has 1 aromatic heterocycles. The molecule has 0 spiro atoms. The molecule has 0 unspecified atom stereocenters. The van der Waals surface area contributed by atoms with Gasteiger partial charge in [-0.25, -0.2) is 0 Å². The quantitative estimate of drug-likeness (QED) is 0.701. The van der Waals surface area contributed by atoms with Crippen LogP contribution in [0.15, 0.2) is 30.5 Å². The lowest BCUT2D eigenvalue weighted by atomic mass is 10.2. The van der Waals surface area contributed by atoms with Crippen molar-refractivity contribution >= 4 is 33.5 Å². The number of hydrogen-bond donors (Lipinski definition) is 0. The number of benzene rings is 1. The smallest absolute Gasteiger partial charge is 0.0491 e. The highest BCUT2D eigenvalue weighted by atomic mass is 127. The molecule has 1 aromatic carbocycles. The van der Waals surface area contributed by atoms with E-state index in [0.29, 0.717) is 0 Å². The highest BCUT2D eigenvalue weighted by Crippen LogP contribution is 2.22. The first-order valence-corrected chi connectivity index (χ1v) is 5.14. The summed E-state index contributed by atoms with van der Waals surface area (Å²) in [6, 6.07) is 8.51. The van der Waals surface area contributed by atoms with Gasteiger partial charge in [0.25, 0.3) is 0 Å². The zero-order valence-electron chi connectivity index (χ0n) is 6.92. The molecular weight excluding hydrogens is 261 g/mol. The van der Waals surface area contributed by atoms with E-state index in [2.05, 4.69) is 64.5 Å². The number of para-hydroxylation sites is 1. The summed E-state index contributed by atoms with van der Waals surface area (Å²) in [7, 11) is 0. The molecule has 1 nitrogen and oxygen atoms in total. The normalized spacial score (nSPS) is 10.8. The fourth-order valence-corrected chi connectivity index (χ4v) is 2.26. The maximum Gasteiger partial charge on any atom is 0.0491 e. The van der Waals surface area contributed by atoms with Gasteiger partial charge in [-0.15, -0.1) is 0 Å². The van der Waals surface area contributed by atoms with Crippen molar-refractivity contribution in [2.45, 2.75) is 13.5 Å². The van der Waals surface area contributed by atoms with E-state index in [1.807, 2.05) is 0 Å². The number of hydrogen-bond acceptors (Lipinski definition) is 0. The van der Waals surface area contributed by atoms with Gasteiger partial charge in [0.2, 0.25) is 0 Å². The first-order chi connectivity index (χ1) is 5.83. The summed E-state index contributed by atoms with van der Waals surface area (Å²) in [5, 5.41) is 1.36. The molecule has 0 bridgehead atoms. The third-order valence-corrected chi connectivity index (χ3v) is 2.94. The highest BCUT2D eigenvalue weighted by Gasteiger charge is 2.02. The minimum Gasteiger partial charge on any atom is -0.347 e. The van der Waals surface area contributed by atoms with Gasteiger partial charge in [0.1, 0.15) is 0 Å². The van der Waals surface area contributed by atoms with E-state index in [4.69, 9.17) is 0 Å². The van der Waals surface area contributed by atoms with Crippen molar-refractivity contribution < 1.29 is 0 Å². The number of rotatable bonds is 1. The maximum absolute atomic E-state index is 2.38. The van der Waals surface area contributed by atoms with Gasteiger partial charge in [0.05, 0.1) is 0 Å². The molecule has 1 heterocycles. The van der Waals surface area contributed by atoms with Crippen molar-refractivity contribution in [3.63, 3.8) is 0 Å². The molecule has 0 saturated heterocycles. The minimum atomic E-state index is 1.05. The van der Waals surface area contributed by atoms with E-state index in [0.717, 1.165) is 6.54 Å². The molecule has 12 heavy (non-hydrogen) atoms. The number of aromatic nitrogens is 1. The third kappa shape index (κ3) is 1.14. The standard InChI is InChI=1S/C10H10IN/c1-2-12-7-9(11)8-5-3-4-6-10(8)12/h3-7H,2H2,1H3. The molecule has 0 radical (unpaired) electrons. The first-order valence-electron chi connectivity index (χ1n) is 4.06. The molecule has 0 saturated carbocycles. The summed E-state index contributed by atoms with van der Waals surface area (Å²) in [4.78, 5) is 0. The predicted octanol–water partition coefficient (Wildman–Crippen LogP) is 3.27. The van der Waals surface area contributed by atoms with Gasteiger partial charge in [-0.2, -0.15) is 0 Å². The SMILES string of the molecule is CCn1cc(I)c2ccccc21. The Labute approximate surface area is 85.5 Å². The lowest BCUT2D eigenvalue weighted by Gasteiger charge is -1.97. The first kappa shape index (κ1) is 8.10. The molecule has 0 N–H and O–H groups in total. The van der Waals surface area contributed by atoms with Crippen LogP contribution in [0.5, 0.6) is 0 Å². The van der Waals surface area contributed by atoms with Crippen LogP contribution in [0.1, 0.15) is 6.92 Å². The molecule has 0 aliphatic carbocycles. The average molecular weight is 271 g/mol. The average Bonchev–Trinajstić information content (AvgIpc) is 2.44. The molecule has 0 aliphatic rings. The van der Waals surface area contributed by atoms with Crippen LogP contribution in [0.25, 0.3) is 10.9 Å². The number of fused-ring (bicyclic) bond motifs is 1. The van der Waals surface area contributed by atoms with Gasteiger partial charge in [0.15, 0.2) is 0 Å². The van der Waals surface area contributed by atoms with Crippen LogP contribution >= 0.6 is 22.6 Å². The third-order valence-electron chi connectivity index (χ3n) is 2.08. The van der Waals surface area contributed by atoms with E-state index in [-0.39, 0.29) is 0 Å². The molecule has 0 aliphatic heterocycles. The zero-order valence-corrected chi connectivity index (χ0v) is 9.08. The molecule has 2 rings (SSSR count). The molecular formula is C10H10IN. The largest absolute Gasteiger partial charge is 0.347 e. The van der Waals surface area contributed by atoms with Crippen molar-refractivity contribution in [2.24, 2.45) is 0 Å². The van der Waals surface area contributed by atoms with Crippen LogP contribution in [0.3, 0.4) is 0 Å². The van der Waals surface area contributed by atoms with Crippen LogP contribution < -0.4 is 0 Å². The molecule has 0 amide bonds. The predicted molar refractivity (Wildman–Crippen MR) is 60.3 cm³/mol. The Morgan fingerprint density at radius 3 is 2.83 bits per heavy atom. The minimum absolute atomic E-state index is 1.05. The second kappa shape index (κ2) is 3.09. The Hall–Kier alpha value is -0.510.